The number of nitrogens with one attached hydrogen (secondary N) is 1. The minimum absolute atomic E-state index is 0.114. The van der Waals surface area contributed by atoms with Gasteiger partial charge in [0.15, 0.2) is 0 Å². The summed E-state index contributed by atoms with van der Waals surface area (Å²) in [6.07, 6.45) is 1.65. The van der Waals surface area contributed by atoms with Crippen LogP contribution in [0.15, 0.2) is 84.2 Å². The highest BCUT2D eigenvalue weighted by molar-refractivity contribution is 6.16. The summed E-state index contributed by atoms with van der Waals surface area (Å²) in [6.45, 7) is 0.352. The van der Waals surface area contributed by atoms with E-state index in [9.17, 15) is 4.79 Å². The topological polar surface area (TPSA) is 129 Å². The van der Waals surface area contributed by atoms with E-state index in [1.807, 2.05) is 60.7 Å². The number of nitrogen functional groups attached to an aromatic ring is 1. The first-order valence-electron chi connectivity index (χ1n) is 9.45. The molecule has 1 aliphatic rings. The zero-order valence-electron chi connectivity index (χ0n) is 16.2. The summed E-state index contributed by atoms with van der Waals surface area (Å²) in [5, 5.41) is 9.24. The third kappa shape index (κ3) is 3.86. The number of hydrogen-bond acceptors (Lipinski definition) is 5. The van der Waals surface area contributed by atoms with Gasteiger partial charge in [0.05, 0.1) is 11.6 Å². The van der Waals surface area contributed by atoms with Gasteiger partial charge in [0, 0.05) is 23.5 Å². The predicted octanol–water partition coefficient (Wildman–Crippen LogP) is 0.875. The SMILES string of the molecule is NC1=C(C(=[NH2+])c2ccccc2)C(c2ccc(OCc3cccc(N)c3)nc2)NC1=O. The molecule has 0 aliphatic carbocycles. The second-order valence-electron chi connectivity index (χ2n) is 6.98. The van der Waals surface area contributed by atoms with Crippen LogP contribution in [0.1, 0.15) is 22.7 Å². The van der Waals surface area contributed by atoms with Gasteiger partial charge in [-0.15, -0.1) is 0 Å². The lowest BCUT2D eigenvalue weighted by Crippen LogP contribution is -2.43. The summed E-state index contributed by atoms with van der Waals surface area (Å²) in [7, 11) is 0. The third-order valence-corrected chi connectivity index (χ3v) is 4.90. The average molecular weight is 400 g/mol. The van der Waals surface area contributed by atoms with Gasteiger partial charge in [-0.2, -0.15) is 0 Å². The molecule has 0 saturated heterocycles. The maximum Gasteiger partial charge on any atom is 0.268 e. The van der Waals surface area contributed by atoms with E-state index in [0.29, 0.717) is 29.5 Å². The van der Waals surface area contributed by atoms with Crippen LogP contribution in [-0.2, 0) is 11.4 Å². The molecule has 1 aromatic heterocycles. The summed E-state index contributed by atoms with van der Waals surface area (Å²) in [5.74, 6) is 0.111. The smallest absolute Gasteiger partial charge is 0.268 e. The van der Waals surface area contributed by atoms with Crippen molar-refractivity contribution in [3.05, 3.63) is 101 Å². The van der Waals surface area contributed by atoms with E-state index in [-0.39, 0.29) is 11.6 Å². The second-order valence-corrected chi connectivity index (χ2v) is 6.98. The fourth-order valence-electron chi connectivity index (χ4n) is 3.37. The van der Waals surface area contributed by atoms with E-state index in [1.54, 1.807) is 12.3 Å². The Labute approximate surface area is 173 Å². The number of nitrogens with two attached hydrogens (primary N) is 3. The lowest BCUT2D eigenvalue weighted by molar-refractivity contribution is -0.117. The van der Waals surface area contributed by atoms with Crippen LogP contribution < -0.4 is 26.9 Å². The number of rotatable bonds is 6. The number of pyridine rings is 1. The molecule has 1 unspecified atom stereocenters. The van der Waals surface area contributed by atoms with Crippen molar-refractivity contribution in [2.45, 2.75) is 12.6 Å². The molecule has 7 nitrogen and oxygen atoms in total. The lowest BCUT2D eigenvalue weighted by Gasteiger charge is -2.14. The minimum atomic E-state index is -0.479. The first kappa shape index (κ1) is 19.2. The highest BCUT2D eigenvalue weighted by Gasteiger charge is 2.36. The van der Waals surface area contributed by atoms with Gasteiger partial charge in [0.2, 0.25) is 11.6 Å². The Kier molecular flexibility index (Phi) is 5.17. The van der Waals surface area contributed by atoms with Crippen LogP contribution in [-0.4, -0.2) is 16.6 Å². The number of aromatic nitrogens is 1. The van der Waals surface area contributed by atoms with Crippen molar-refractivity contribution in [1.82, 2.24) is 10.3 Å². The number of carbonyl (C=O) groups excluding carboxylic acids is 1. The first-order chi connectivity index (χ1) is 14.5. The summed E-state index contributed by atoms with van der Waals surface area (Å²) < 4.78 is 5.73. The van der Waals surface area contributed by atoms with Crippen molar-refractivity contribution in [2.75, 3.05) is 5.73 Å². The fraction of sp³-hybridized carbons (Fsp3) is 0.0870. The Morgan fingerprint density at radius 1 is 1.07 bits per heavy atom. The number of amides is 1. The van der Waals surface area contributed by atoms with Gasteiger partial charge in [-0.1, -0.05) is 30.3 Å². The van der Waals surface area contributed by atoms with Gasteiger partial charge >= 0.3 is 0 Å². The standard InChI is InChI=1S/C23H21N5O2/c24-17-8-4-5-14(11-17)13-30-18-10-9-16(12-27-18)22-19(21(26)23(29)28-22)20(25)15-6-2-1-3-7-15/h1-12,22,25H,13,24,26H2,(H,28,29)/p+1. The van der Waals surface area contributed by atoms with E-state index in [0.717, 1.165) is 16.7 Å². The van der Waals surface area contributed by atoms with E-state index in [2.05, 4.69) is 10.3 Å². The number of carbonyl (C=O) groups is 1. The molecule has 3 aromatic rings. The van der Waals surface area contributed by atoms with Crippen LogP contribution in [0, 0.1) is 0 Å². The molecule has 1 amide bonds. The summed E-state index contributed by atoms with van der Waals surface area (Å²) >= 11 is 0. The Bertz CT molecular complexity index is 1120. The molecule has 1 aliphatic heterocycles. The number of benzene rings is 2. The predicted molar refractivity (Wildman–Crippen MR) is 114 cm³/mol. The largest absolute Gasteiger partial charge is 0.473 e. The number of anilines is 1. The molecule has 30 heavy (non-hydrogen) atoms. The molecule has 2 aromatic carbocycles. The highest BCUT2D eigenvalue weighted by Crippen LogP contribution is 2.30. The maximum atomic E-state index is 12.2. The normalized spacial score (nSPS) is 15.7. The van der Waals surface area contributed by atoms with Crippen LogP contribution in [0.25, 0.3) is 0 Å². The Hall–Kier alpha value is -4.13. The van der Waals surface area contributed by atoms with Crippen molar-refractivity contribution >= 4 is 17.3 Å². The van der Waals surface area contributed by atoms with E-state index >= 15 is 0 Å². The van der Waals surface area contributed by atoms with E-state index < -0.39 is 6.04 Å². The van der Waals surface area contributed by atoms with Crippen molar-refractivity contribution in [2.24, 2.45) is 5.73 Å². The summed E-state index contributed by atoms with van der Waals surface area (Å²) in [6, 6.07) is 20.0. The molecule has 0 radical (unpaired) electrons. The Morgan fingerprint density at radius 3 is 2.57 bits per heavy atom. The van der Waals surface area contributed by atoms with E-state index in [4.69, 9.17) is 21.6 Å². The van der Waals surface area contributed by atoms with Gasteiger partial charge in [0.25, 0.3) is 5.91 Å². The zero-order chi connectivity index (χ0) is 21.1. The summed E-state index contributed by atoms with van der Waals surface area (Å²) in [5.41, 5.74) is 16.2. The fourth-order valence-corrected chi connectivity index (χ4v) is 3.37. The number of hydrogen-bond donors (Lipinski definition) is 4. The maximum absolute atomic E-state index is 12.2. The highest BCUT2D eigenvalue weighted by atomic mass is 16.5. The third-order valence-electron chi connectivity index (χ3n) is 4.90. The molecule has 7 N–H and O–H groups in total. The van der Waals surface area contributed by atoms with Gasteiger partial charge in [-0.25, -0.2) is 4.98 Å². The van der Waals surface area contributed by atoms with Crippen LogP contribution in [0.5, 0.6) is 5.88 Å². The molecule has 2 heterocycles. The average Bonchev–Trinajstić information content (AvgIpc) is 3.07. The molecular formula is C23H22N5O2+. The van der Waals surface area contributed by atoms with E-state index in [1.165, 1.54) is 0 Å². The van der Waals surface area contributed by atoms with Crippen LogP contribution in [0.3, 0.4) is 0 Å². The van der Waals surface area contributed by atoms with Crippen molar-refractivity contribution in [3.63, 3.8) is 0 Å². The molecule has 7 heteroatoms. The van der Waals surface area contributed by atoms with Crippen LogP contribution >= 0.6 is 0 Å². The number of nitrogens with zero attached hydrogens (tertiary/aromatic N) is 1. The monoisotopic (exact) mass is 400 g/mol. The van der Waals surface area contributed by atoms with Crippen molar-refractivity contribution < 1.29 is 14.9 Å². The Balaban J connectivity index is 1.53. The molecule has 1 atom stereocenters. The molecule has 0 fully saturated rings. The lowest BCUT2D eigenvalue weighted by atomic mass is 9.93. The molecular weight excluding hydrogens is 378 g/mol. The quantitative estimate of drug-likeness (QED) is 0.361. The zero-order valence-corrected chi connectivity index (χ0v) is 16.2. The molecule has 0 bridgehead atoms. The van der Waals surface area contributed by atoms with Crippen molar-refractivity contribution in [1.29, 1.82) is 0 Å². The van der Waals surface area contributed by atoms with Crippen molar-refractivity contribution in [3.8, 4) is 5.88 Å². The Morgan fingerprint density at radius 2 is 1.87 bits per heavy atom. The minimum Gasteiger partial charge on any atom is -0.473 e. The van der Waals surface area contributed by atoms with Gasteiger partial charge in [-0.3, -0.25) is 10.2 Å². The number of ether oxygens (including phenoxy) is 1. The second kappa shape index (κ2) is 8.08. The summed E-state index contributed by atoms with van der Waals surface area (Å²) in [4.78, 5) is 16.6. The van der Waals surface area contributed by atoms with Crippen LogP contribution in [0.2, 0.25) is 0 Å². The van der Waals surface area contributed by atoms with Gasteiger partial charge in [0.1, 0.15) is 12.3 Å². The van der Waals surface area contributed by atoms with Crippen LogP contribution in [0.4, 0.5) is 5.69 Å². The molecule has 0 spiro atoms. The first-order valence-corrected chi connectivity index (χ1v) is 9.45. The molecule has 4 rings (SSSR count). The van der Waals surface area contributed by atoms with Gasteiger partial charge < -0.3 is 21.5 Å². The molecule has 150 valence electrons. The van der Waals surface area contributed by atoms with Gasteiger partial charge in [-0.05, 0) is 41.5 Å². The molecule has 0 saturated carbocycles.